The van der Waals surface area contributed by atoms with Crippen molar-refractivity contribution >= 4 is 17.5 Å². The molecule has 2 rings (SSSR count). The summed E-state index contributed by atoms with van der Waals surface area (Å²) in [6, 6.07) is 3.33. The number of hydrogen-bond donors (Lipinski definition) is 1. The summed E-state index contributed by atoms with van der Waals surface area (Å²) >= 11 is 5.88. The van der Waals surface area contributed by atoms with E-state index >= 15 is 0 Å². The molecule has 1 aliphatic rings. The summed E-state index contributed by atoms with van der Waals surface area (Å²) in [5.74, 6) is 1.46. The Morgan fingerprint density at radius 1 is 1.20 bits per heavy atom. The zero-order valence-electron chi connectivity index (χ0n) is 11.8. The Kier molecular flexibility index (Phi) is 4.28. The van der Waals surface area contributed by atoms with Gasteiger partial charge in [-0.05, 0) is 25.0 Å². The van der Waals surface area contributed by atoms with Gasteiger partial charge in [0.25, 0.3) is 5.91 Å². The lowest BCUT2D eigenvalue weighted by Gasteiger charge is -2.18. The number of carbonyl (C=O) groups is 1. The van der Waals surface area contributed by atoms with Gasteiger partial charge in [-0.15, -0.1) is 11.6 Å². The highest BCUT2D eigenvalue weighted by Gasteiger charge is 2.43. The molecule has 1 saturated carbocycles. The molecule has 1 fully saturated rings. The second-order valence-corrected chi connectivity index (χ2v) is 5.02. The first-order valence-electron chi connectivity index (χ1n) is 6.28. The molecule has 1 aromatic carbocycles. The minimum absolute atomic E-state index is 0.221. The van der Waals surface area contributed by atoms with Crippen molar-refractivity contribution in [2.75, 3.05) is 27.2 Å². The number of halogens is 1. The SMILES string of the molecule is COc1ccc(C(=O)NC2(CCl)CC2)c(OC)c1OC. The quantitative estimate of drug-likeness (QED) is 0.818. The minimum atomic E-state index is -0.267. The summed E-state index contributed by atoms with van der Waals surface area (Å²) in [7, 11) is 4.52. The van der Waals surface area contributed by atoms with Gasteiger partial charge in [-0.3, -0.25) is 4.79 Å². The number of methoxy groups -OCH3 is 3. The first-order chi connectivity index (χ1) is 9.60. The average Bonchev–Trinajstić information content (AvgIpc) is 3.25. The van der Waals surface area contributed by atoms with Crippen LogP contribution in [0, 0.1) is 0 Å². The monoisotopic (exact) mass is 299 g/mol. The van der Waals surface area contributed by atoms with E-state index in [-0.39, 0.29) is 11.4 Å². The van der Waals surface area contributed by atoms with Crippen LogP contribution in [0.25, 0.3) is 0 Å². The van der Waals surface area contributed by atoms with Crippen LogP contribution in [0.5, 0.6) is 17.2 Å². The number of ether oxygens (including phenoxy) is 3. The van der Waals surface area contributed by atoms with Crippen molar-refractivity contribution in [3.05, 3.63) is 17.7 Å². The second-order valence-electron chi connectivity index (χ2n) is 4.75. The van der Waals surface area contributed by atoms with Crippen LogP contribution in [0.3, 0.4) is 0 Å². The van der Waals surface area contributed by atoms with Crippen LogP contribution >= 0.6 is 11.6 Å². The van der Waals surface area contributed by atoms with Crippen molar-refractivity contribution in [2.45, 2.75) is 18.4 Å². The number of amides is 1. The third-order valence-electron chi connectivity index (χ3n) is 3.44. The van der Waals surface area contributed by atoms with Crippen LogP contribution in [0.4, 0.5) is 0 Å². The average molecular weight is 300 g/mol. The number of nitrogens with one attached hydrogen (secondary N) is 1. The molecule has 0 saturated heterocycles. The van der Waals surface area contributed by atoms with Gasteiger partial charge in [0.05, 0.1) is 32.4 Å². The Labute approximate surface area is 123 Å². The van der Waals surface area contributed by atoms with Gasteiger partial charge in [0.1, 0.15) is 0 Å². The molecule has 1 N–H and O–H groups in total. The molecule has 6 heteroatoms. The lowest BCUT2D eigenvalue weighted by atomic mass is 10.1. The zero-order valence-corrected chi connectivity index (χ0v) is 12.5. The van der Waals surface area contributed by atoms with E-state index in [9.17, 15) is 4.79 Å². The van der Waals surface area contributed by atoms with Gasteiger partial charge in [0.2, 0.25) is 5.75 Å². The van der Waals surface area contributed by atoms with Gasteiger partial charge in [-0.25, -0.2) is 0 Å². The molecular formula is C14H18ClNO4. The predicted molar refractivity (Wildman–Crippen MR) is 76.2 cm³/mol. The maximum atomic E-state index is 12.4. The highest BCUT2D eigenvalue weighted by atomic mass is 35.5. The van der Waals surface area contributed by atoms with Gasteiger partial charge < -0.3 is 19.5 Å². The fraction of sp³-hybridized carbons (Fsp3) is 0.500. The summed E-state index contributed by atoms with van der Waals surface area (Å²) in [6.45, 7) is 0. The van der Waals surface area contributed by atoms with Gasteiger partial charge >= 0.3 is 0 Å². The van der Waals surface area contributed by atoms with Crippen molar-refractivity contribution in [1.29, 1.82) is 0 Å². The zero-order chi connectivity index (χ0) is 14.8. The van der Waals surface area contributed by atoms with Crippen molar-refractivity contribution in [3.63, 3.8) is 0 Å². The summed E-state index contributed by atoms with van der Waals surface area (Å²) in [4.78, 5) is 12.4. The maximum Gasteiger partial charge on any atom is 0.255 e. The molecule has 20 heavy (non-hydrogen) atoms. The molecular weight excluding hydrogens is 282 g/mol. The molecule has 0 radical (unpaired) electrons. The fourth-order valence-corrected chi connectivity index (χ4v) is 2.37. The lowest BCUT2D eigenvalue weighted by Crippen LogP contribution is -2.38. The molecule has 0 aliphatic heterocycles. The van der Waals surface area contributed by atoms with E-state index in [1.54, 1.807) is 12.1 Å². The van der Waals surface area contributed by atoms with E-state index in [2.05, 4.69) is 5.32 Å². The molecule has 0 heterocycles. The topological polar surface area (TPSA) is 56.8 Å². The number of alkyl halides is 1. The van der Waals surface area contributed by atoms with E-state index in [4.69, 9.17) is 25.8 Å². The van der Waals surface area contributed by atoms with E-state index in [1.165, 1.54) is 21.3 Å². The number of carbonyl (C=O) groups excluding carboxylic acids is 1. The smallest absolute Gasteiger partial charge is 0.255 e. The predicted octanol–water partition coefficient (Wildman–Crippen LogP) is 2.21. The first kappa shape index (κ1) is 14.8. The molecule has 1 amide bonds. The molecule has 0 bridgehead atoms. The lowest BCUT2D eigenvalue weighted by molar-refractivity contribution is 0.0932. The Balaban J connectivity index is 2.33. The molecule has 0 unspecified atom stereocenters. The molecule has 5 nitrogen and oxygen atoms in total. The molecule has 1 aromatic rings. The highest BCUT2D eigenvalue weighted by molar-refractivity contribution is 6.19. The number of rotatable bonds is 6. The van der Waals surface area contributed by atoms with Crippen molar-refractivity contribution in [3.8, 4) is 17.2 Å². The van der Waals surface area contributed by atoms with Crippen LogP contribution in [-0.4, -0.2) is 38.7 Å². The number of hydrogen-bond acceptors (Lipinski definition) is 4. The van der Waals surface area contributed by atoms with Crippen LogP contribution < -0.4 is 19.5 Å². The Morgan fingerprint density at radius 3 is 2.30 bits per heavy atom. The molecule has 1 aliphatic carbocycles. The maximum absolute atomic E-state index is 12.4. The summed E-state index contributed by atoms with van der Waals surface area (Å²) < 4.78 is 15.8. The summed E-state index contributed by atoms with van der Waals surface area (Å²) in [5, 5.41) is 2.95. The number of benzene rings is 1. The molecule has 0 aromatic heterocycles. The normalized spacial score (nSPS) is 15.4. The fourth-order valence-electron chi connectivity index (χ4n) is 2.03. The third kappa shape index (κ3) is 2.63. The third-order valence-corrected chi connectivity index (χ3v) is 3.95. The van der Waals surface area contributed by atoms with E-state index in [0.717, 1.165) is 12.8 Å². The molecule has 0 spiro atoms. The van der Waals surface area contributed by atoms with E-state index in [1.807, 2.05) is 0 Å². The molecule has 0 atom stereocenters. The summed E-state index contributed by atoms with van der Waals surface area (Å²) in [6.07, 6.45) is 1.80. The van der Waals surface area contributed by atoms with Crippen LogP contribution in [0.1, 0.15) is 23.2 Å². The van der Waals surface area contributed by atoms with Crippen LogP contribution in [0.15, 0.2) is 12.1 Å². The van der Waals surface area contributed by atoms with Crippen molar-refractivity contribution in [2.24, 2.45) is 0 Å². The van der Waals surface area contributed by atoms with Crippen molar-refractivity contribution < 1.29 is 19.0 Å². The molecule has 110 valence electrons. The largest absolute Gasteiger partial charge is 0.493 e. The van der Waals surface area contributed by atoms with Crippen molar-refractivity contribution in [1.82, 2.24) is 5.32 Å². The Hall–Kier alpha value is -1.62. The second kappa shape index (κ2) is 5.79. The van der Waals surface area contributed by atoms with Crippen LogP contribution in [0.2, 0.25) is 0 Å². The van der Waals surface area contributed by atoms with Gasteiger partial charge in [0, 0.05) is 5.88 Å². The highest BCUT2D eigenvalue weighted by Crippen LogP contribution is 2.41. The van der Waals surface area contributed by atoms with Crippen LogP contribution in [-0.2, 0) is 0 Å². The van der Waals surface area contributed by atoms with Gasteiger partial charge in [-0.1, -0.05) is 0 Å². The van der Waals surface area contributed by atoms with E-state index in [0.29, 0.717) is 28.7 Å². The first-order valence-corrected chi connectivity index (χ1v) is 6.81. The van der Waals surface area contributed by atoms with E-state index < -0.39 is 0 Å². The van der Waals surface area contributed by atoms with Gasteiger partial charge in [0.15, 0.2) is 11.5 Å². The Morgan fingerprint density at radius 2 is 1.85 bits per heavy atom. The minimum Gasteiger partial charge on any atom is -0.493 e. The summed E-state index contributed by atoms with van der Waals surface area (Å²) in [5.41, 5.74) is 0.137. The van der Waals surface area contributed by atoms with Gasteiger partial charge in [-0.2, -0.15) is 0 Å². The standard InChI is InChI=1S/C14H18ClNO4/c1-18-10-5-4-9(11(19-2)12(10)20-3)13(17)16-14(8-15)6-7-14/h4-5H,6-8H2,1-3H3,(H,16,17). The Bertz CT molecular complexity index is 514.